The van der Waals surface area contributed by atoms with Crippen LogP contribution in [-0.2, 0) is 0 Å². The van der Waals surface area contributed by atoms with Crippen LogP contribution in [-0.4, -0.2) is 21.2 Å². The maximum Gasteiger partial charge on any atom is 0.341 e. The van der Waals surface area contributed by atoms with E-state index in [1.54, 1.807) is 0 Å². The number of aromatic carboxylic acids is 1. The lowest BCUT2D eigenvalue weighted by atomic mass is 10.3. The fraction of sp³-hybridized carbons (Fsp3) is 0.556. The van der Waals surface area contributed by atoms with E-state index in [0.29, 0.717) is 10.0 Å². The zero-order valence-corrected chi connectivity index (χ0v) is 10.2. The molecule has 0 aliphatic carbocycles. The molecule has 0 atom stereocenters. The molecule has 1 heterocycles. The van der Waals surface area contributed by atoms with Crippen LogP contribution in [0.3, 0.4) is 0 Å². The van der Waals surface area contributed by atoms with E-state index < -0.39 is 5.97 Å². The summed E-state index contributed by atoms with van der Waals surface area (Å²) in [7, 11) is 0. The third-order valence-corrected chi connectivity index (χ3v) is 3.74. The number of hydrogen-bond acceptors (Lipinski definition) is 5. The van der Waals surface area contributed by atoms with Crippen LogP contribution in [0.4, 0.5) is 5.00 Å². The maximum absolute atomic E-state index is 10.9. The molecule has 0 aliphatic heterocycles. The average Bonchev–Trinajstić information content (AvgIpc) is 2.54. The van der Waals surface area contributed by atoms with Gasteiger partial charge in [0.2, 0.25) is 0 Å². The van der Waals surface area contributed by atoms with Gasteiger partial charge in [-0.15, -0.1) is 11.8 Å². The molecule has 0 bridgehead atoms. The molecule has 1 rings (SSSR count). The van der Waals surface area contributed by atoms with E-state index in [0.717, 1.165) is 36.5 Å². The Morgan fingerprint density at radius 1 is 1.60 bits per heavy atom. The van der Waals surface area contributed by atoms with Gasteiger partial charge in [-0.2, -0.15) is 4.37 Å². The summed E-state index contributed by atoms with van der Waals surface area (Å²) in [6, 6.07) is 0. The highest BCUT2D eigenvalue weighted by atomic mass is 32.2. The topological polar surface area (TPSA) is 76.2 Å². The molecule has 0 saturated heterocycles. The van der Waals surface area contributed by atoms with Crippen LogP contribution in [0.5, 0.6) is 0 Å². The monoisotopic (exact) mass is 246 g/mol. The predicted octanol–water partition coefficient (Wildman–Crippen LogP) is 2.71. The van der Waals surface area contributed by atoms with Crippen LogP contribution in [0.2, 0.25) is 0 Å². The second-order valence-electron chi connectivity index (χ2n) is 3.09. The fourth-order valence-electron chi connectivity index (χ4n) is 1.10. The largest absolute Gasteiger partial charge is 0.477 e. The number of rotatable bonds is 6. The summed E-state index contributed by atoms with van der Waals surface area (Å²) in [5, 5.41) is 9.76. The van der Waals surface area contributed by atoms with Gasteiger partial charge >= 0.3 is 5.97 Å². The molecular weight excluding hydrogens is 232 g/mol. The van der Waals surface area contributed by atoms with E-state index in [9.17, 15) is 4.79 Å². The van der Waals surface area contributed by atoms with Crippen LogP contribution in [0.1, 0.15) is 36.5 Å². The van der Waals surface area contributed by atoms with Crippen LogP contribution >= 0.6 is 23.3 Å². The predicted molar refractivity (Wildman–Crippen MR) is 63.7 cm³/mol. The van der Waals surface area contributed by atoms with Crippen molar-refractivity contribution in [2.75, 3.05) is 11.5 Å². The minimum absolute atomic E-state index is 0.168. The molecule has 1 aromatic rings. The van der Waals surface area contributed by atoms with Gasteiger partial charge in [-0.3, -0.25) is 0 Å². The molecule has 0 radical (unpaired) electrons. The Morgan fingerprint density at radius 2 is 2.33 bits per heavy atom. The number of unbranched alkanes of at least 4 members (excludes halogenated alkanes) is 2. The molecule has 0 aromatic carbocycles. The first-order valence-corrected chi connectivity index (χ1v) is 6.54. The number of anilines is 1. The van der Waals surface area contributed by atoms with Crippen molar-refractivity contribution < 1.29 is 9.90 Å². The van der Waals surface area contributed by atoms with E-state index >= 15 is 0 Å². The third-order valence-electron chi connectivity index (χ3n) is 1.89. The summed E-state index contributed by atoms with van der Waals surface area (Å²) in [6.07, 6.45) is 3.40. The molecule has 0 spiro atoms. The van der Waals surface area contributed by atoms with Gasteiger partial charge < -0.3 is 10.8 Å². The highest BCUT2D eigenvalue weighted by Crippen LogP contribution is 2.30. The van der Waals surface area contributed by atoms with Gasteiger partial charge in [0, 0.05) is 0 Å². The van der Waals surface area contributed by atoms with Gasteiger partial charge in [-0.25, -0.2) is 4.79 Å². The summed E-state index contributed by atoms with van der Waals surface area (Å²) < 4.78 is 4.03. The standard InChI is InChI=1S/C9H14N2O2S2/c1-2-3-4-5-14-8-6(9(12)13)7(10)15-11-8/h2-5,10H2,1H3,(H,12,13). The molecule has 0 fully saturated rings. The molecule has 0 saturated carbocycles. The van der Waals surface area contributed by atoms with E-state index in [2.05, 4.69) is 11.3 Å². The van der Waals surface area contributed by atoms with Gasteiger partial charge in [0.15, 0.2) is 0 Å². The smallest absolute Gasteiger partial charge is 0.341 e. The molecule has 0 unspecified atom stereocenters. The zero-order chi connectivity index (χ0) is 11.3. The molecule has 0 amide bonds. The lowest BCUT2D eigenvalue weighted by Crippen LogP contribution is -2.00. The van der Waals surface area contributed by atoms with Gasteiger partial charge in [-0.05, 0) is 23.7 Å². The van der Waals surface area contributed by atoms with E-state index in [1.807, 2.05) is 0 Å². The summed E-state index contributed by atoms with van der Waals surface area (Å²) in [5.41, 5.74) is 5.70. The van der Waals surface area contributed by atoms with Crippen molar-refractivity contribution in [3.8, 4) is 0 Å². The molecule has 4 nitrogen and oxygen atoms in total. The summed E-state index contributed by atoms with van der Waals surface area (Å²) >= 11 is 2.52. The first kappa shape index (κ1) is 12.3. The fourth-order valence-corrected chi connectivity index (χ4v) is 2.92. The number of nitrogen functional groups attached to an aromatic ring is 1. The van der Waals surface area contributed by atoms with Gasteiger partial charge in [0.25, 0.3) is 0 Å². The Kier molecular flexibility index (Phi) is 4.90. The Morgan fingerprint density at radius 3 is 2.93 bits per heavy atom. The van der Waals surface area contributed by atoms with Crippen LogP contribution in [0.15, 0.2) is 5.03 Å². The number of carbonyl (C=O) groups is 1. The first-order valence-electron chi connectivity index (χ1n) is 4.78. The summed E-state index contributed by atoms with van der Waals surface area (Å²) in [6.45, 7) is 2.13. The Labute approximate surface area is 97.0 Å². The molecule has 1 aromatic heterocycles. The number of thioether (sulfide) groups is 1. The zero-order valence-electron chi connectivity index (χ0n) is 8.52. The molecule has 6 heteroatoms. The number of hydrogen-bond donors (Lipinski definition) is 2. The van der Waals surface area contributed by atoms with Crippen LogP contribution in [0.25, 0.3) is 0 Å². The quantitative estimate of drug-likeness (QED) is 0.596. The highest BCUT2D eigenvalue weighted by Gasteiger charge is 2.18. The average molecular weight is 246 g/mol. The highest BCUT2D eigenvalue weighted by molar-refractivity contribution is 7.99. The minimum atomic E-state index is -0.987. The SMILES string of the molecule is CCCCCSc1nsc(N)c1C(=O)O. The van der Waals surface area contributed by atoms with Crippen molar-refractivity contribution in [2.45, 2.75) is 31.2 Å². The number of aromatic nitrogens is 1. The van der Waals surface area contributed by atoms with E-state index in [4.69, 9.17) is 10.8 Å². The van der Waals surface area contributed by atoms with Crippen molar-refractivity contribution >= 4 is 34.3 Å². The Hall–Kier alpha value is -0.750. The van der Waals surface area contributed by atoms with Gasteiger partial charge in [0.05, 0.1) is 0 Å². The van der Waals surface area contributed by atoms with E-state index in [-0.39, 0.29) is 5.56 Å². The Balaban J connectivity index is 2.57. The van der Waals surface area contributed by atoms with Crippen LogP contribution in [0, 0.1) is 0 Å². The number of carboxylic acids is 1. The normalized spacial score (nSPS) is 10.5. The van der Waals surface area contributed by atoms with Gasteiger partial charge in [0.1, 0.15) is 15.6 Å². The molecule has 0 aliphatic rings. The van der Waals surface area contributed by atoms with Crippen LogP contribution < -0.4 is 5.73 Å². The van der Waals surface area contributed by atoms with Gasteiger partial charge in [-0.1, -0.05) is 19.8 Å². The van der Waals surface area contributed by atoms with Crippen molar-refractivity contribution in [3.05, 3.63) is 5.56 Å². The Bertz CT molecular complexity index is 339. The van der Waals surface area contributed by atoms with Crippen molar-refractivity contribution in [1.82, 2.24) is 4.37 Å². The maximum atomic E-state index is 10.9. The third kappa shape index (κ3) is 3.39. The molecule has 84 valence electrons. The summed E-state index contributed by atoms with van der Waals surface area (Å²) in [4.78, 5) is 10.9. The van der Waals surface area contributed by atoms with E-state index in [1.165, 1.54) is 11.8 Å². The minimum Gasteiger partial charge on any atom is -0.477 e. The first-order chi connectivity index (χ1) is 7.16. The molecule has 3 N–H and O–H groups in total. The number of carboxylic acid groups (broad SMARTS) is 1. The number of nitrogens with two attached hydrogens (primary N) is 1. The number of nitrogens with zero attached hydrogens (tertiary/aromatic N) is 1. The van der Waals surface area contributed by atoms with Crippen molar-refractivity contribution in [1.29, 1.82) is 0 Å². The second-order valence-corrected chi connectivity index (χ2v) is 4.98. The van der Waals surface area contributed by atoms with Crippen molar-refractivity contribution in [2.24, 2.45) is 0 Å². The molecule has 15 heavy (non-hydrogen) atoms. The van der Waals surface area contributed by atoms with Crippen molar-refractivity contribution in [3.63, 3.8) is 0 Å². The second kappa shape index (κ2) is 5.97. The lowest BCUT2D eigenvalue weighted by Gasteiger charge is -1.98. The summed E-state index contributed by atoms with van der Waals surface area (Å²) in [5.74, 6) is -0.0867. The molecular formula is C9H14N2O2S2. The lowest BCUT2D eigenvalue weighted by molar-refractivity contribution is 0.0694.